The maximum Gasteiger partial charge on any atom is 0.573 e. The van der Waals surface area contributed by atoms with Crippen LogP contribution in [-0.2, 0) is 16.1 Å². The molecule has 48 heavy (non-hydrogen) atoms. The van der Waals surface area contributed by atoms with Crippen molar-refractivity contribution in [3.05, 3.63) is 89.2 Å². The lowest BCUT2D eigenvalue weighted by molar-refractivity contribution is -0.274. The highest BCUT2D eigenvalue weighted by molar-refractivity contribution is 5.73. The van der Waals surface area contributed by atoms with Crippen LogP contribution in [0.25, 0.3) is 11.1 Å². The van der Waals surface area contributed by atoms with Gasteiger partial charge in [0.2, 0.25) is 0 Å². The first-order valence-corrected chi connectivity index (χ1v) is 13.4. The Morgan fingerprint density at radius 3 is 1.98 bits per heavy atom. The van der Waals surface area contributed by atoms with Gasteiger partial charge >= 0.3 is 30.7 Å². The molecule has 18 heteroatoms. The highest BCUT2D eigenvalue weighted by Crippen LogP contribution is 2.33. The molecule has 0 radical (unpaired) electrons. The zero-order valence-corrected chi connectivity index (χ0v) is 24.2. The van der Waals surface area contributed by atoms with Crippen molar-refractivity contribution in [3.8, 4) is 22.9 Å². The van der Waals surface area contributed by atoms with E-state index < -0.39 is 36.5 Å². The molecule has 0 unspecified atom stereocenters. The van der Waals surface area contributed by atoms with Gasteiger partial charge in [-0.2, -0.15) is 31.6 Å². The molecule has 4 N–H and O–H groups in total. The Kier molecular flexibility index (Phi) is 13.7. The minimum absolute atomic E-state index is 0.0395. The van der Waals surface area contributed by atoms with Crippen LogP contribution < -0.4 is 15.4 Å². The summed E-state index contributed by atoms with van der Waals surface area (Å²) in [6.45, 7) is 1.67. The second-order valence-electron chi connectivity index (χ2n) is 9.78. The second kappa shape index (κ2) is 16.8. The van der Waals surface area contributed by atoms with E-state index in [0.29, 0.717) is 5.56 Å². The van der Waals surface area contributed by atoms with Gasteiger partial charge in [0.25, 0.3) is 0 Å². The molecule has 260 valence electrons. The van der Waals surface area contributed by atoms with E-state index in [1.807, 2.05) is 36.4 Å². The summed E-state index contributed by atoms with van der Waals surface area (Å²) in [5.74, 6) is -6.31. The van der Waals surface area contributed by atoms with E-state index in [1.54, 1.807) is 0 Å². The van der Waals surface area contributed by atoms with Crippen LogP contribution in [-0.4, -0.2) is 60.0 Å². The molecule has 0 bridgehead atoms. The number of piperidine rings is 1. The number of carbonyl (C=O) groups is 2. The number of nitrogens with zero attached hydrogens (tertiary/aromatic N) is 1. The number of nitrogens with one attached hydrogen (secondary N) is 2. The van der Waals surface area contributed by atoms with Crippen molar-refractivity contribution in [2.75, 3.05) is 13.1 Å². The van der Waals surface area contributed by atoms with Crippen molar-refractivity contribution in [2.24, 2.45) is 0 Å². The van der Waals surface area contributed by atoms with E-state index in [4.69, 9.17) is 25.1 Å². The number of hydrogen-bond donors (Lipinski definition) is 4. The Balaban J connectivity index is 0.000000479. The highest BCUT2D eigenvalue weighted by Gasteiger charge is 2.39. The van der Waals surface area contributed by atoms with Gasteiger partial charge < -0.3 is 25.6 Å². The van der Waals surface area contributed by atoms with Crippen LogP contribution in [0.15, 0.2) is 66.7 Å². The molecule has 1 aliphatic rings. The van der Waals surface area contributed by atoms with E-state index >= 15 is 0 Å². The molecule has 0 saturated carbocycles. The molecule has 2 atom stereocenters. The molecular weight excluding hydrogens is 672 g/mol. The molecule has 0 aliphatic carbocycles. The van der Waals surface area contributed by atoms with Crippen LogP contribution in [0.5, 0.6) is 5.75 Å². The zero-order chi connectivity index (χ0) is 36.3. The predicted molar refractivity (Wildman–Crippen MR) is 148 cm³/mol. The van der Waals surface area contributed by atoms with Crippen molar-refractivity contribution in [2.45, 2.75) is 43.6 Å². The van der Waals surface area contributed by atoms with Crippen molar-refractivity contribution in [3.63, 3.8) is 0 Å². The van der Waals surface area contributed by atoms with Crippen molar-refractivity contribution >= 4 is 11.9 Å². The van der Waals surface area contributed by atoms with Gasteiger partial charge in [0, 0.05) is 36.2 Å². The normalized spacial score (nSPS) is 16.3. The van der Waals surface area contributed by atoms with Crippen LogP contribution >= 0.6 is 0 Å². The third-order valence-corrected chi connectivity index (χ3v) is 6.44. The largest absolute Gasteiger partial charge is 0.573 e. The van der Waals surface area contributed by atoms with E-state index in [1.165, 1.54) is 30.3 Å². The van der Waals surface area contributed by atoms with Crippen molar-refractivity contribution < 1.29 is 68.4 Å². The summed E-state index contributed by atoms with van der Waals surface area (Å²) in [5.41, 5.74) is 2.18. The number of aliphatic carboxylic acids is 2. The van der Waals surface area contributed by atoms with E-state index in [9.17, 15) is 43.9 Å². The maximum atomic E-state index is 14.6. The summed E-state index contributed by atoms with van der Waals surface area (Å²) in [4.78, 5) is 17.8. The molecule has 1 aliphatic heterocycles. The van der Waals surface area contributed by atoms with Crippen LogP contribution in [0.1, 0.15) is 29.0 Å². The lowest BCUT2D eigenvalue weighted by Crippen LogP contribution is -2.45. The van der Waals surface area contributed by atoms with E-state index in [0.717, 1.165) is 31.1 Å². The Morgan fingerprint density at radius 2 is 1.48 bits per heavy atom. The molecule has 4 rings (SSSR count). The van der Waals surface area contributed by atoms with E-state index in [-0.39, 0.29) is 40.9 Å². The standard InChI is InChI=1S/C26H23F4N3O.2C2HF3O2/c27-23-12-17(14-31)6-8-21(23)19-7-9-25(34-26(28,29)30)20(13-19)15-33-24-10-11-32-16-22(24)18-4-2-1-3-5-18;2*3-2(4,5)1(6)7/h1-9,12-13,22,24,32-33H,10-11,15-16H2;2*(H,6,7)/t22-,24-;;/m0../s1. The van der Waals surface area contributed by atoms with Gasteiger partial charge in [-0.3, -0.25) is 0 Å². The predicted octanol–water partition coefficient (Wildman–Crippen LogP) is 6.76. The topological polar surface area (TPSA) is 132 Å². The fourth-order valence-electron chi connectivity index (χ4n) is 4.32. The van der Waals surface area contributed by atoms with Crippen molar-refractivity contribution in [1.29, 1.82) is 5.26 Å². The van der Waals surface area contributed by atoms with Gasteiger partial charge in [0.1, 0.15) is 11.6 Å². The smallest absolute Gasteiger partial charge is 0.475 e. The first-order valence-electron chi connectivity index (χ1n) is 13.4. The highest BCUT2D eigenvalue weighted by atomic mass is 19.4. The van der Waals surface area contributed by atoms with Gasteiger partial charge in [-0.25, -0.2) is 14.0 Å². The number of alkyl halides is 9. The molecule has 0 amide bonds. The Bertz CT molecular complexity index is 1550. The first kappa shape index (κ1) is 39.3. The molecule has 1 heterocycles. The lowest BCUT2D eigenvalue weighted by atomic mass is 9.86. The first-order chi connectivity index (χ1) is 22.2. The summed E-state index contributed by atoms with van der Waals surface area (Å²) in [5, 5.41) is 30.0. The third-order valence-electron chi connectivity index (χ3n) is 6.44. The number of carboxylic acid groups (broad SMARTS) is 2. The van der Waals surface area contributed by atoms with Crippen LogP contribution in [0.2, 0.25) is 0 Å². The summed E-state index contributed by atoms with van der Waals surface area (Å²) in [6, 6.07) is 20.0. The van der Waals surface area contributed by atoms with Gasteiger partial charge in [-0.1, -0.05) is 42.5 Å². The molecular formula is C30H25F10N3O5. The van der Waals surface area contributed by atoms with E-state index in [2.05, 4.69) is 15.4 Å². The van der Waals surface area contributed by atoms with Gasteiger partial charge in [-0.05, 0) is 48.4 Å². The number of benzene rings is 3. The number of nitriles is 1. The maximum absolute atomic E-state index is 14.6. The average Bonchev–Trinajstić information content (AvgIpc) is 3.00. The second-order valence-corrected chi connectivity index (χ2v) is 9.78. The van der Waals surface area contributed by atoms with Gasteiger partial charge in [-0.15, -0.1) is 13.2 Å². The Morgan fingerprint density at radius 1 is 0.896 bits per heavy atom. The fourth-order valence-corrected chi connectivity index (χ4v) is 4.32. The summed E-state index contributed by atoms with van der Waals surface area (Å²) >= 11 is 0. The van der Waals surface area contributed by atoms with Crippen LogP contribution in [0.4, 0.5) is 43.9 Å². The van der Waals surface area contributed by atoms with Crippen LogP contribution in [0, 0.1) is 17.1 Å². The molecule has 8 nitrogen and oxygen atoms in total. The quantitative estimate of drug-likeness (QED) is 0.208. The monoisotopic (exact) mass is 697 g/mol. The summed E-state index contributed by atoms with van der Waals surface area (Å²) in [7, 11) is 0. The minimum Gasteiger partial charge on any atom is -0.475 e. The molecule has 0 spiro atoms. The number of hydrogen-bond acceptors (Lipinski definition) is 6. The molecule has 0 aromatic heterocycles. The third kappa shape index (κ3) is 12.7. The molecule has 1 saturated heterocycles. The number of rotatable bonds is 6. The number of ether oxygens (including phenoxy) is 1. The molecule has 1 fully saturated rings. The van der Waals surface area contributed by atoms with Gasteiger partial charge in [0.05, 0.1) is 11.6 Å². The SMILES string of the molecule is N#Cc1ccc(-c2ccc(OC(F)(F)F)c(CN[C@H]3CCNC[C@H]3c3ccccc3)c2)c(F)c1.O=C(O)C(F)(F)F.O=C(O)C(F)(F)F. The lowest BCUT2D eigenvalue weighted by Gasteiger charge is -2.33. The summed E-state index contributed by atoms with van der Waals surface area (Å²) in [6.07, 6.45) is -14.2. The Labute approximate surface area is 265 Å². The number of carboxylic acids is 2. The zero-order valence-electron chi connectivity index (χ0n) is 24.2. The van der Waals surface area contributed by atoms with Crippen LogP contribution in [0.3, 0.4) is 0 Å². The summed E-state index contributed by atoms with van der Waals surface area (Å²) < 4.78 is 121. The number of halogens is 10. The molecule has 3 aromatic rings. The Hall–Kier alpha value is -4.89. The van der Waals surface area contributed by atoms with Gasteiger partial charge in [0.15, 0.2) is 0 Å². The average molecular weight is 698 g/mol. The molecule has 3 aromatic carbocycles. The van der Waals surface area contributed by atoms with Crippen molar-refractivity contribution in [1.82, 2.24) is 10.6 Å². The minimum atomic E-state index is -5.08. The fraction of sp³-hybridized carbons (Fsp3) is 0.300.